The topological polar surface area (TPSA) is 38.0 Å². The van der Waals surface area contributed by atoms with Crippen molar-refractivity contribution in [3.63, 3.8) is 0 Å². The number of nitrogens with zero attached hydrogens (tertiary/aromatic N) is 2. The molecule has 0 saturated carbocycles. The quantitative estimate of drug-likeness (QED) is 0.939. The first-order valence-electron chi connectivity index (χ1n) is 6.45. The molecule has 0 aliphatic heterocycles. The molecule has 0 radical (unpaired) electrons. The molecule has 0 saturated heterocycles. The van der Waals surface area contributed by atoms with E-state index in [0.717, 1.165) is 5.56 Å². The molecule has 108 valence electrons. The number of benzene rings is 1. The lowest BCUT2D eigenvalue weighted by Gasteiger charge is -2.21. The van der Waals surface area contributed by atoms with Crippen molar-refractivity contribution in [2.45, 2.75) is 32.7 Å². The van der Waals surface area contributed by atoms with E-state index >= 15 is 0 Å². The zero-order valence-electron chi connectivity index (χ0n) is 11.8. The number of hydrogen-bond acceptors (Lipinski definition) is 2. The minimum absolute atomic E-state index is 0.0488. The van der Waals surface area contributed by atoms with Crippen LogP contribution in [0.1, 0.15) is 26.3 Å². The van der Waals surface area contributed by atoms with Gasteiger partial charge >= 0.3 is 0 Å². The SMILES string of the molecule is CC(C)(C)c1cc(-c2cn(CCO)cn2)cc(Cl)c1F. The smallest absolute Gasteiger partial charge is 0.145 e. The van der Waals surface area contributed by atoms with Crippen molar-refractivity contribution in [3.8, 4) is 11.3 Å². The van der Waals surface area contributed by atoms with E-state index in [1.807, 2.05) is 27.0 Å². The summed E-state index contributed by atoms with van der Waals surface area (Å²) in [5.74, 6) is -0.377. The van der Waals surface area contributed by atoms with Crippen LogP contribution in [0.25, 0.3) is 11.3 Å². The molecule has 1 aromatic carbocycles. The Balaban J connectivity index is 2.49. The van der Waals surface area contributed by atoms with E-state index in [1.54, 1.807) is 23.0 Å². The number of hydrogen-bond donors (Lipinski definition) is 1. The summed E-state index contributed by atoms with van der Waals surface area (Å²) in [5, 5.41) is 9.01. The predicted octanol–water partition coefficient (Wildman–Crippen LogP) is 3.63. The van der Waals surface area contributed by atoms with E-state index in [9.17, 15) is 4.39 Å². The molecule has 0 spiro atoms. The summed E-state index contributed by atoms with van der Waals surface area (Å²) in [4.78, 5) is 4.27. The summed E-state index contributed by atoms with van der Waals surface area (Å²) in [7, 11) is 0. The fourth-order valence-corrected chi connectivity index (χ4v) is 2.25. The molecule has 0 aliphatic carbocycles. The molecule has 1 N–H and O–H groups in total. The molecule has 5 heteroatoms. The van der Waals surface area contributed by atoms with Crippen LogP contribution in [0, 0.1) is 5.82 Å². The Morgan fingerprint density at radius 1 is 1.35 bits per heavy atom. The molecule has 20 heavy (non-hydrogen) atoms. The fraction of sp³-hybridized carbons (Fsp3) is 0.400. The van der Waals surface area contributed by atoms with Crippen LogP contribution in [0.4, 0.5) is 4.39 Å². The standard InChI is InChI=1S/C15H18ClFN2O/c1-15(2,3)11-6-10(7-12(16)14(11)17)13-8-19(4-5-20)9-18-13/h6-9,20H,4-5H2,1-3H3. The van der Waals surface area contributed by atoms with Crippen LogP contribution in [-0.2, 0) is 12.0 Å². The second kappa shape index (κ2) is 5.54. The highest BCUT2D eigenvalue weighted by atomic mass is 35.5. The van der Waals surface area contributed by atoms with Crippen molar-refractivity contribution >= 4 is 11.6 Å². The average molecular weight is 297 g/mol. The Kier molecular flexibility index (Phi) is 4.16. The van der Waals surface area contributed by atoms with Crippen LogP contribution in [0.15, 0.2) is 24.7 Å². The molecule has 1 heterocycles. The van der Waals surface area contributed by atoms with E-state index in [2.05, 4.69) is 4.98 Å². The minimum atomic E-state index is -0.377. The highest BCUT2D eigenvalue weighted by Crippen LogP contribution is 2.33. The summed E-state index contributed by atoms with van der Waals surface area (Å²) >= 11 is 5.99. The van der Waals surface area contributed by atoms with Gasteiger partial charge in [0.25, 0.3) is 0 Å². The van der Waals surface area contributed by atoms with E-state index in [1.165, 1.54) is 0 Å². The molecule has 2 aromatic rings. The summed E-state index contributed by atoms with van der Waals surface area (Å²) in [6.07, 6.45) is 3.45. The Morgan fingerprint density at radius 3 is 2.65 bits per heavy atom. The van der Waals surface area contributed by atoms with E-state index < -0.39 is 0 Å². The number of aromatic nitrogens is 2. The van der Waals surface area contributed by atoms with Gasteiger partial charge in [-0.15, -0.1) is 0 Å². The largest absolute Gasteiger partial charge is 0.395 e. The van der Waals surface area contributed by atoms with E-state index in [-0.39, 0.29) is 22.9 Å². The van der Waals surface area contributed by atoms with Gasteiger partial charge < -0.3 is 9.67 Å². The first-order valence-corrected chi connectivity index (χ1v) is 6.83. The van der Waals surface area contributed by atoms with Gasteiger partial charge in [-0.05, 0) is 23.1 Å². The third kappa shape index (κ3) is 3.02. The molecule has 0 amide bonds. The summed E-state index contributed by atoms with van der Waals surface area (Å²) < 4.78 is 15.9. The highest BCUT2D eigenvalue weighted by molar-refractivity contribution is 6.31. The summed E-state index contributed by atoms with van der Waals surface area (Å²) in [6.45, 7) is 6.35. The van der Waals surface area contributed by atoms with Crippen LogP contribution in [0.5, 0.6) is 0 Å². The fourth-order valence-electron chi connectivity index (χ4n) is 2.03. The highest BCUT2D eigenvalue weighted by Gasteiger charge is 2.22. The molecule has 2 rings (SSSR count). The van der Waals surface area contributed by atoms with Gasteiger partial charge in [0.1, 0.15) is 5.82 Å². The zero-order valence-corrected chi connectivity index (χ0v) is 12.6. The molecule has 0 fully saturated rings. The first-order chi connectivity index (χ1) is 9.32. The second-order valence-corrected chi connectivity index (χ2v) is 6.20. The van der Waals surface area contributed by atoms with Crippen molar-refractivity contribution in [2.24, 2.45) is 0 Å². The van der Waals surface area contributed by atoms with Gasteiger partial charge in [0.2, 0.25) is 0 Å². The molecule has 0 bridgehead atoms. The second-order valence-electron chi connectivity index (χ2n) is 5.79. The van der Waals surface area contributed by atoms with Gasteiger partial charge in [-0.2, -0.15) is 0 Å². The summed E-state index contributed by atoms with van der Waals surface area (Å²) in [5.41, 5.74) is 1.72. The van der Waals surface area contributed by atoms with Crippen LogP contribution in [0.3, 0.4) is 0 Å². The maximum atomic E-state index is 14.1. The Labute approximate surface area is 123 Å². The van der Waals surface area contributed by atoms with Crippen molar-refractivity contribution in [3.05, 3.63) is 41.1 Å². The minimum Gasteiger partial charge on any atom is -0.395 e. The van der Waals surface area contributed by atoms with Gasteiger partial charge in [0, 0.05) is 18.3 Å². The Bertz CT molecular complexity index is 617. The van der Waals surface area contributed by atoms with Crippen molar-refractivity contribution in [1.82, 2.24) is 9.55 Å². The third-order valence-corrected chi connectivity index (χ3v) is 3.40. The average Bonchev–Trinajstić information content (AvgIpc) is 2.80. The lowest BCUT2D eigenvalue weighted by molar-refractivity contribution is 0.276. The molecule has 0 atom stereocenters. The van der Waals surface area contributed by atoms with Gasteiger partial charge in [0.15, 0.2) is 0 Å². The Morgan fingerprint density at radius 2 is 2.05 bits per heavy atom. The van der Waals surface area contributed by atoms with E-state index in [0.29, 0.717) is 17.8 Å². The molecule has 3 nitrogen and oxygen atoms in total. The number of aliphatic hydroxyl groups excluding tert-OH is 1. The number of imidazole rings is 1. The zero-order chi connectivity index (χ0) is 14.9. The number of aliphatic hydroxyl groups is 1. The lowest BCUT2D eigenvalue weighted by Crippen LogP contribution is -2.14. The van der Waals surface area contributed by atoms with Crippen LogP contribution in [0.2, 0.25) is 5.02 Å². The van der Waals surface area contributed by atoms with Crippen molar-refractivity contribution in [2.75, 3.05) is 6.61 Å². The third-order valence-electron chi connectivity index (χ3n) is 3.12. The molecule has 0 aliphatic rings. The molecule has 1 aromatic heterocycles. The van der Waals surface area contributed by atoms with Gasteiger partial charge in [0.05, 0.1) is 23.7 Å². The van der Waals surface area contributed by atoms with Crippen molar-refractivity contribution < 1.29 is 9.50 Å². The number of rotatable bonds is 3. The van der Waals surface area contributed by atoms with Gasteiger partial charge in [-0.1, -0.05) is 32.4 Å². The van der Waals surface area contributed by atoms with Crippen LogP contribution >= 0.6 is 11.6 Å². The van der Waals surface area contributed by atoms with Gasteiger partial charge in [-0.3, -0.25) is 0 Å². The monoisotopic (exact) mass is 296 g/mol. The van der Waals surface area contributed by atoms with Crippen LogP contribution < -0.4 is 0 Å². The molecular weight excluding hydrogens is 279 g/mol. The lowest BCUT2D eigenvalue weighted by atomic mass is 9.85. The van der Waals surface area contributed by atoms with E-state index in [4.69, 9.17) is 16.7 Å². The van der Waals surface area contributed by atoms with Crippen molar-refractivity contribution in [1.29, 1.82) is 0 Å². The predicted molar refractivity (Wildman–Crippen MR) is 78.4 cm³/mol. The first kappa shape index (κ1) is 15.0. The maximum Gasteiger partial charge on any atom is 0.145 e. The van der Waals surface area contributed by atoms with Gasteiger partial charge in [-0.25, -0.2) is 9.37 Å². The number of halogens is 2. The molecule has 0 unspecified atom stereocenters. The Hall–Kier alpha value is -1.39. The molecular formula is C15H18ClFN2O. The summed E-state index contributed by atoms with van der Waals surface area (Å²) in [6, 6.07) is 3.37. The van der Waals surface area contributed by atoms with Crippen LogP contribution in [-0.4, -0.2) is 21.3 Å². The maximum absolute atomic E-state index is 14.1. The normalized spacial score (nSPS) is 11.9.